The number of rotatable bonds is 8. The maximum Gasteiger partial charge on any atom is 0.123 e. The Morgan fingerprint density at radius 3 is 2.58 bits per heavy atom. The topological polar surface area (TPSA) is 21.3 Å². The van der Waals surface area contributed by atoms with Crippen molar-refractivity contribution >= 4 is 0 Å². The van der Waals surface area contributed by atoms with Crippen LogP contribution < -0.4 is 10.1 Å². The molecule has 3 heteroatoms. The zero-order valence-corrected chi connectivity index (χ0v) is 12.5. The number of ether oxygens (including phenoxy) is 1. The Morgan fingerprint density at radius 1 is 1.21 bits per heavy atom. The predicted molar refractivity (Wildman–Crippen MR) is 78.2 cm³/mol. The minimum Gasteiger partial charge on any atom is -0.492 e. The summed E-state index contributed by atoms with van der Waals surface area (Å²) < 4.78 is 18.6. The molecule has 1 atom stereocenters. The molecule has 0 bridgehead atoms. The van der Waals surface area contributed by atoms with E-state index >= 15 is 0 Å². The lowest BCUT2D eigenvalue weighted by atomic mass is 10.0. The highest BCUT2D eigenvalue weighted by molar-refractivity contribution is 5.32. The van der Waals surface area contributed by atoms with Crippen LogP contribution in [0.15, 0.2) is 18.2 Å². The van der Waals surface area contributed by atoms with Crippen LogP contribution in [0.4, 0.5) is 4.39 Å². The molecule has 0 radical (unpaired) electrons. The third-order valence-electron chi connectivity index (χ3n) is 3.17. The largest absolute Gasteiger partial charge is 0.492 e. The molecule has 1 aromatic carbocycles. The number of nitrogens with one attached hydrogen (secondary N) is 1. The molecule has 19 heavy (non-hydrogen) atoms. The molecule has 0 amide bonds. The zero-order chi connectivity index (χ0) is 14.3. The highest BCUT2D eigenvalue weighted by atomic mass is 19.1. The van der Waals surface area contributed by atoms with Crippen molar-refractivity contribution in [2.75, 3.05) is 13.2 Å². The van der Waals surface area contributed by atoms with E-state index in [1.54, 1.807) is 6.07 Å². The highest BCUT2D eigenvalue weighted by Gasteiger charge is 2.04. The summed E-state index contributed by atoms with van der Waals surface area (Å²) in [5.41, 5.74) is 0.841. The van der Waals surface area contributed by atoms with E-state index in [-0.39, 0.29) is 5.82 Å². The van der Waals surface area contributed by atoms with E-state index in [0.29, 0.717) is 12.6 Å². The minimum absolute atomic E-state index is 0.217. The van der Waals surface area contributed by atoms with Crippen LogP contribution in [-0.4, -0.2) is 19.2 Å². The fourth-order valence-electron chi connectivity index (χ4n) is 1.93. The van der Waals surface area contributed by atoms with Gasteiger partial charge in [-0.2, -0.15) is 0 Å². The highest BCUT2D eigenvalue weighted by Crippen LogP contribution is 2.18. The number of hydrogen-bond donors (Lipinski definition) is 1. The lowest BCUT2D eigenvalue weighted by Gasteiger charge is -2.15. The molecule has 0 saturated carbocycles. The van der Waals surface area contributed by atoms with Crippen molar-refractivity contribution in [2.45, 2.75) is 46.6 Å². The number of halogens is 1. The zero-order valence-electron chi connectivity index (χ0n) is 12.5. The molecular formula is C16H26FNO. The summed E-state index contributed by atoms with van der Waals surface area (Å²) in [7, 11) is 0. The van der Waals surface area contributed by atoms with Gasteiger partial charge in [0.05, 0.1) is 0 Å². The van der Waals surface area contributed by atoms with Gasteiger partial charge in [-0.05, 0) is 56.4 Å². The Morgan fingerprint density at radius 2 is 1.95 bits per heavy atom. The molecule has 0 fully saturated rings. The molecule has 108 valence electrons. The van der Waals surface area contributed by atoms with E-state index in [2.05, 4.69) is 26.1 Å². The second-order valence-corrected chi connectivity index (χ2v) is 5.58. The smallest absolute Gasteiger partial charge is 0.123 e. The molecule has 0 heterocycles. The van der Waals surface area contributed by atoms with Crippen molar-refractivity contribution in [1.82, 2.24) is 5.32 Å². The van der Waals surface area contributed by atoms with Crippen molar-refractivity contribution in [3.8, 4) is 5.75 Å². The van der Waals surface area contributed by atoms with Gasteiger partial charge in [0.25, 0.3) is 0 Å². The van der Waals surface area contributed by atoms with Gasteiger partial charge in [-0.3, -0.25) is 0 Å². The van der Waals surface area contributed by atoms with Crippen molar-refractivity contribution in [3.05, 3.63) is 29.6 Å². The van der Waals surface area contributed by atoms with Gasteiger partial charge in [0, 0.05) is 12.6 Å². The maximum atomic E-state index is 12.9. The number of benzene rings is 1. The van der Waals surface area contributed by atoms with Gasteiger partial charge < -0.3 is 10.1 Å². The Labute approximate surface area is 116 Å². The van der Waals surface area contributed by atoms with E-state index in [1.807, 2.05) is 6.92 Å². The normalized spacial score (nSPS) is 12.7. The Kier molecular flexibility index (Phi) is 6.85. The maximum absolute atomic E-state index is 12.9. The molecule has 0 aliphatic rings. The number of hydrogen-bond acceptors (Lipinski definition) is 2. The van der Waals surface area contributed by atoms with Gasteiger partial charge >= 0.3 is 0 Å². The van der Waals surface area contributed by atoms with Crippen LogP contribution in [0.5, 0.6) is 5.75 Å². The molecule has 0 saturated heterocycles. The third kappa shape index (κ3) is 6.58. The predicted octanol–water partition coefficient (Wildman–Crippen LogP) is 3.93. The first-order valence-corrected chi connectivity index (χ1v) is 7.11. The summed E-state index contributed by atoms with van der Waals surface area (Å²) in [4.78, 5) is 0. The summed E-state index contributed by atoms with van der Waals surface area (Å²) in [5, 5.41) is 3.44. The number of aryl methyl sites for hydroxylation is 1. The van der Waals surface area contributed by atoms with E-state index < -0.39 is 0 Å². The Hall–Kier alpha value is -1.09. The minimum atomic E-state index is -0.217. The SMILES string of the molecule is Cc1cc(F)ccc1OCCNC(C)CCC(C)C. The van der Waals surface area contributed by atoms with Crippen LogP contribution in [0.2, 0.25) is 0 Å². The van der Waals surface area contributed by atoms with Gasteiger partial charge in [-0.15, -0.1) is 0 Å². The van der Waals surface area contributed by atoms with Crippen LogP contribution in [0.25, 0.3) is 0 Å². The molecule has 1 N–H and O–H groups in total. The first-order valence-electron chi connectivity index (χ1n) is 7.11. The van der Waals surface area contributed by atoms with Crippen LogP contribution in [0, 0.1) is 18.7 Å². The van der Waals surface area contributed by atoms with Crippen molar-refractivity contribution in [2.24, 2.45) is 5.92 Å². The summed E-state index contributed by atoms with van der Waals surface area (Å²) in [6, 6.07) is 5.13. The first kappa shape index (κ1) is 16.0. The van der Waals surface area contributed by atoms with Crippen LogP contribution in [0.3, 0.4) is 0 Å². The lowest BCUT2D eigenvalue weighted by molar-refractivity contribution is 0.300. The summed E-state index contributed by atoms with van der Waals surface area (Å²) >= 11 is 0. The van der Waals surface area contributed by atoms with Crippen molar-refractivity contribution in [3.63, 3.8) is 0 Å². The summed E-state index contributed by atoms with van der Waals surface area (Å²) in [6.45, 7) is 9.97. The van der Waals surface area contributed by atoms with Crippen LogP contribution in [-0.2, 0) is 0 Å². The fraction of sp³-hybridized carbons (Fsp3) is 0.625. The third-order valence-corrected chi connectivity index (χ3v) is 3.17. The second-order valence-electron chi connectivity index (χ2n) is 5.58. The molecule has 2 nitrogen and oxygen atoms in total. The van der Waals surface area contributed by atoms with Crippen LogP contribution in [0.1, 0.15) is 39.2 Å². The molecule has 0 aliphatic carbocycles. The second kappa shape index (κ2) is 8.16. The van der Waals surface area contributed by atoms with Crippen LogP contribution >= 0.6 is 0 Å². The van der Waals surface area contributed by atoms with Gasteiger partial charge in [0.2, 0.25) is 0 Å². The fourth-order valence-corrected chi connectivity index (χ4v) is 1.93. The van der Waals surface area contributed by atoms with E-state index in [9.17, 15) is 4.39 Å². The van der Waals surface area contributed by atoms with Crippen molar-refractivity contribution < 1.29 is 9.13 Å². The Bertz CT molecular complexity index is 379. The van der Waals surface area contributed by atoms with Gasteiger partial charge in [-0.1, -0.05) is 13.8 Å². The lowest BCUT2D eigenvalue weighted by Crippen LogP contribution is -2.30. The molecule has 1 unspecified atom stereocenters. The van der Waals surface area contributed by atoms with Gasteiger partial charge in [0.1, 0.15) is 18.2 Å². The molecule has 0 spiro atoms. The summed E-state index contributed by atoms with van der Waals surface area (Å²) in [5.74, 6) is 1.30. The molecular weight excluding hydrogens is 241 g/mol. The van der Waals surface area contributed by atoms with Gasteiger partial charge in [0.15, 0.2) is 0 Å². The molecule has 0 aromatic heterocycles. The first-order chi connectivity index (χ1) is 8.99. The van der Waals surface area contributed by atoms with E-state index in [4.69, 9.17) is 4.74 Å². The summed E-state index contributed by atoms with van der Waals surface area (Å²) in [6.07, 6.45) is 2.43. The standard InChI is InChI=1S/C16H26FNO/c1-12(2)5-6-14(4)18-9-10-19-16-8-7-15(17)11-13(16)3/h7-8,11-12,14,18H,5-6,9-10H2,1-4H3. The average Bonchev–Trinajstić information content (AvgIpc) is 2.34. The monoisotopic (exact) mass is 267 g/mol. The van der Waals surface area contributed by atoms with E-state index in [0.717, 1.165) is 23.8 Å². The van der Waals surface area contributed by atoms with E-state index in [1.165, 1.54) is 25.0 Å². The average molecular weight is 267 g/mol. The molecule has 1 aromatic rings. The Balaban J connectivity index is 2.20. The quantitative estimate of drug-likeness (QED) is 0.721. The van der Waals surface area contributed by atoms with Crippen molar-refractivity contribution in [1.29, 1.82) is 0 Å². The van der Waals surface area contributed by atoms with Gasteiger partial charge in [-0.25, -0.2) is 4.39 Å². The molecule has 1 rings (SSSR count). The molecule has 0 aliphatic heterocycles.